The summed E-state index contributed by atoms with van der Waals surface area (Å²) in [5, 5.41) is 37.3. The fourth-order valence-electron chi connectivity index (χ4n) is 1.85. The van der Waals surface area contributed by atoms with Crippen LogP contribution in [-0.2, 0) is 33.4 Å². The lowest BCUT2D eigenvalue weighted by atomic mass is 10.0. The maximum atomic E-state index is 11.6. The predicted molar refractivity (Wildman–Crippen MR) is 87.2 cm³/mol. The maximum absolute atomic E-state index is 11.6. The lowest BCUT2D eigenvalue weighted by Crippen LogP contribution is -2.59. The number of carboxylic acid groups (broad SMARTS) is 3. The summed E-state index contributed by atoms with van der Waals surface area (Å²) >= 11 is 0. The first kappa shape index (κ1) is 24.7. The number of nitrogens with one attached hydrogen (secondary N) is 1. The summed E-state index contributed by atoms with van der Waals surface area (Å²) < 4.78 is 15.7. The monoisotopic (exact) mass is 395 g/mol. The molecule has 5 N–H and O–H groups in total. The molecule has 0 bridgehead atoms. The van der Waals surface area contributed by atoms with E-state index in [2.05, 4.69) is 5.32 Å². The highest BCUT2D eigenvalue weighted by Gasteiger charge is 2.33. The normalized spacial score (nSPS) is 11.1. The number of aliphatic hydroxyl groups is 1. The Balaban J connectivity index is 4.96. The summed E-state index contributed by atoms with van der Waals surface area (Å²) in [7, 11) is 0. The number of rotatable bonds is 17. The summed E-state index contributed by atoms with van der Waals surface area (Å²) in [5.74, 6) is -4.05. The fourth-order valence-corrected chi connectivity index (χ4v) is 1.85. The van der Waals surface area contributed by atoms with Gasteiger partial charge in [0.05, 0.1) is 58.9 Å². The van der Waals surface area contributed by atoms with E-state index in [0.717, 1.165) is 0 Å². The molecule has 0 heterocycles. The quantitative estimate of drug-likeness (QED) is 0.177. The molecular weight excluding hydrogens is 370 g/mol. The third kappa shape index (κ3) is 13.6. The van der Waals surface area contributed by atoms with Gasteiger partial charge in [-0.3, -0.25) is 19.2 Å². The van der Waals surface area contributed by atoms with E-state index in [0.29, 0.717) is 0 Å². The predicted octanol–water partition coefficient (Wildman–Crippen LogP) is -1.69. The molecule has 12 nitrogen and oxygen atoms in total. The van der Waals surface area contributed by atoms with Gasteiger partial charge in [-0.25, -0.2) is 0 Å². The van der Waals surface area contributed by atoms with Gasteiger partial charge in [-0.1, -0.05) is 0 Å². The van der Waals surface area contributed by atoms with Crippen LogP contribution >= 0.6 is 0 Å². The van der Waals surface area contributed by atoms with Gasteiger partial charge in [0.15, 0.2) is 0 Å². The van der Waals surface area contributed by atoms with Crippen molar-refractivity contribution in [2.75, 3.05) is 46.2 Å². The van der Waals surface area contributed by atoms with Crippen LogP contribution in [0.15, 0.2) is 0 Å². The second-order valence-corrected chi connectivity index (χ2v) is 5.58. The second-order valence-electron chi connectivity index (χ2n) is 5.58. The Labute approximate surface area is 155 Å². The van der Waals surface area contributed by atoms with Crippen LogP contribution in [0, 0.1) is 0 Å². The molecule has 0 fully saturated rings. The van der Waals surface area contributed by atoms with Crippen molar-refractivity contribution in [2.24, 2.45) is 0 Å². The molecule has 27 heavy (non-hydrogen) atoms. The molecule has 0 rings (SSSR count). The molecule has 0 aromatic carbocycles. The zero-order valence-electron chi connectivity index (χ0n) is 14.7. The smallest absolute Gasteiger partial charge is 0.305 e. The Hall–Kier alpha value is -2.28. The molecular formula is C15H25NO11. The number of aliphatic hydroxyl groups excluding tert-OH is 1. The Morgan fingerprint density at radius 1 is 0.704 bits per heavy atom. The van der Waals surface area contributed by atoms with E-state index in [1.165, 1.54) is 0 Å². The zero-order valence-corrected chi connectivity index (χ0v) is 14.7. The molecule has 156 valence electrons. The summed E-state index contributed by atoms with van der Waals surface area (Å²) in [6, 6.07) is 0. The highest BCUT2D eigenvalue weighted by Crippen LogP contribution is 2.10. The van der Waals surface area contributed by atoms with E-state index in [4.69, 9.17) is 34.6 Å². The van der Waals surface area contributed by atoms with Crippen molar-refractivity contribution in [3.8, 4) is 0 Å². The number of carboxylic acids is 3. The molecule has 0 aliphatic heterocycles. The summed E-state index contributed by atoms with van der Waals surface area (Å²) in [6.07, 6.45) is -0.864. The van der Waals surface area contributed by atoms with Crippen LogP contribution in [0.5, 0.6) is 0 Å². The number of ether oxygens (including phenoxy) is 3. The fraction of sp³-hybridized carbons (Fsp3) is 0.733. The van der Waals surface area contributed by atoms with Crippen molar-refractivity contribution in [1.82, 2.24) is 5.32 Å². The molecule has 12 heteroatoms. The van der Waals surface area contributed by atoms with Crippen molar-refractivity contribution in [3.05, 3.63) is 0 Å². The minimum atomic E-state index is -1.37. The van der Waals surface area contributed by atoms with E-state index in [1.54, 1.807) is 0 Å². The third-order valence-electron chi connectivity index (χ3n) is 3.06. The Kier molecular flexibility index (Phi) is 12.7. The van der Waals surface area contributed by atoms with E-state index in [9.17, 15) is 19.2 Å². The molecule has 0 atom stereocenters. The van der Waals surface area contributed by atoms with Crippen LogP contribution in [0.2, 0.25) is 0 Å². The van der Waals surface area contributed by atoms with Crippen molar-refractivity contribution >= 4 is 23.8 Å². The van der Waals surface area contributed by atoms with Crippen LogP contribution in [-0.4, -0.2) is 96.0 Å². The number of aliphatic carboxylic acids is 3. The molecule has 1 amide bonds. The summed E-state index contributed by atoms with van der Waals surface area (Å²) in [4.78, 5) is 43.3. The van der Waals surface area contributed by atoms with E-state index in [1.807, 2.05) is 0 Å². The molecule has 0 radical (unpaired) electrons. The van der Waals surface area contributed by atoms with Crippen LogP contribution in [0.1, 0.15) is 19.3 Å². The van der Waals surface area contributed by atoms with Crippen molar-refractivity contribution in [1.29, 1.82) is 0 Å². The maximum Gasteiger partial charge on any atom is 0.305 e. The Bertz CT molecular complexity index is 439. The van der Waals surface area contributed by atoms with E-state index < -0.39 is 36.0 Å². The van der Waals surface area contributed by atoms with Crippen LogP contribution in [0.4, 0.5) is 0 Å². The average molecular weight is 395 g/mol. The molecule has 0 aromatic heterocycles. The lowest BCUT2D eigenvalue weighted by molar-refractivity contribution is -0.140. The van der Waals surface area contributed by atoms with Crippen LogP contribution in [0.3, 0.4) is 0 Å². The summed E-state index contributed by atoms with van der Waals surface area (Å²) in [5.41, 5.74) is -1.37. The highest BCUT2D eigenvalue weighted by molar-refractivity contribution is 5.77. The van der Waals surface area contributed by atoms with Crippen LogP contribution < -0.4 is 5.32 Å². The Morgan fingerprint density at radius 3 is 1.30 bits per heavy atom. The van der Waals surface area contributed by atoms with Gasteiger partial charge < -0.3 is 40.0 Å². The number of amides is 1. The average Bonchev–Trinajstić information content (AvgIpc) is 2.59. The van der Waals surface area contributed by atoms with Crippen molar-refractivity contribution in [2.45, 2.75) is 24.8 Å². The molecule has 0 saturated heterocycles. The van der Waals surface area contributed by atoms with Gasteiger partial charge in [0.1, 0.15) is 12.1 Å². The summed E-state index contributed by atoms with van der Waals surface area (Å²) in [6.45, 7) is -2.13. The molecule has 0 aromatic rings. The minimum Gasteiger partial charge on any atom is -0.481 e. The van der Waals surface area contributed by atoms with Gasteiger partial charge in [0.2, 0.25) is 5.91 Å². The first-order valence-corrected chi connectivity index (χ1v) is 8.01. The van der Waals surface area contributed by atoms with Gasteiger partial charge in [-0.05, 0) is 0 Å². The third-order valence-corrected chi connectivity index (χ3v) is 3.06. The van der Waals surface area contributed by atoms with Gasteiger partial charge in [-0.15, -0.1) is 0 Å². The van der Waals surface area contributed by atoms with E-state index >= 15 is 0 Å². The highest BCUT2D eigenvalue weighted by atomic mass is 16.5. The van der Waals surface area contributed by atoms with Gasteiger partial charge in [0.25, 0.3) is 0 Å². The number of hydrogen-bond donors (Lipinski definition) is 5. The van der Waals surface area contributed by atoms with Gasteiger partial charge in [0, 0.05) is 0 Å². The largest absolute Gasteiger partial charge is 0.481 e. The topological polar surface area (TPSA) is 189 Å². The SMILES string of the molecule is O=C(O)CCOCC(COCCC(=O)O)(COCCC(=O)O)NC(=O)CO. The molecule has 0 spiro atoms. The number of carbonyl (C=O) groups is 4. The van der Waals surface area contributed by atoms with Crippen molar-refractivity contribution in [3.63, 3.8) is 0 Å². The lowest BCUT2D eigenvalue weighted by Gasteiger charge is -2.34. The number of hydrogen-bond acceptors (Lipinski definition) is 8. The molecule has 0 unspecified atom stereocenters. The van der Waals surface area contributed by atoms with E-state index in [-0.39, 0.29) is 58.9 Å². The molecule has 0 saturated carbocycles. The second kappa shape index (κ2) is 13.9. The number of carbonyl (C=O) groups excluding carboxylic acids is 1. The standard InChI is InChI=1S/C15H25NO11/c17-7-11(18)16-15(8-25-4-1-12(19)20,9-26-5-2-13(21)22)10-27-6-3-14(23)24/h17H,1-10H2,(H,16,18)(H,19,20)(H,21,22)(H,23,24). The molecule has 0 aliphatic carbocycles. The Morgan fingerprint density at radius 2 is 1.04 bits per heavy atom. The first-order valence-electron chi connectivity index (χ1n) is 8.01. The van der Waals surface area contributed by atoms with Gasteiger partial charge in [-0.2, -0.15) is 0 Å². The minimum absolute atomic E-state index is 0.170. The zero-order chi connectivity index (χ0) is 20.7. The van der Waals surface area contributed by atoms with Gasteiger partial charge >= 0.3 is 17.9 Å². The van der Waals surface area contributed by atoms with Crippen LogP contribution in [0.25, 0.3) is 0 Å². The molecule has 0 aliphatic rings. The van der Waals surface area contributed by atoms with Crippen molar-refractivity contribution < 1.29 is 53.8 Å². The first-order chi connectivity index (χ1) is 12.7.